The van der Waals surface area contributed by atoms with Crippen molar-refractivity contribution in [3.05, 3.63) is 11.6 Å². The molecule has 1 aromatic heterocycles. The van der Waals surface area contributed by atoms with E-state index in [9.17, 15) is 8.42 Å². The number of hydrogen-bond donors (Lipinski definition) is 1. The zero-order chi connectivity index (χ0) is 14.9. The number of aryl methyl sites for hydroxylation is 2. The molecule has 0 amide bonds. The Bertz CT molecular complexity index is 593. The van der Waals surface area contributed by atoms with Gasteiger partial charge in [0.05, 0.1) is 17.9 Å². The second kappa shape index (κ2) is 6.02. The minimum absolute atomic E-state index is 0.0961. The van der Waals surface area contributed by atoms with Crippen LogP contribution in [-0.4, -0.2) is 41.6 Å². The second-order valence-electron chi connectivity index (χ2n) is 5.80. The molecule has 7 nitrogen and oxygen atoms in total. The van der Waals surface area contributed by atoms with Crippen LogP contribution in [0.25, 0.3) is 0 Å². The molecule has 0 aliphatic carbocycles. The van der Waals surface area contributed by atoms with E-state index in [1.54, 1.807) is 0 Å². The predicted octanol–water partition coefficient (Wildman–Crippen LogP) is 0.910. The first-order chi connectivity index (χ1) is 10.0. The van der Waals surface area contributed by atoms with Gasteiger partial charge in [0, 0.05) is 13.2 Å². The summed E-state index contributed by atoms with van der Waals surface area (Å²) in [6.07, 6.45) is 4.34. The van der Waals surface area contributed by atoms with Gasteiger partial charge in [0.15, 0.2) is 0 Å². The standard InChI is InChI=1S/C13H22N4O3S/c1-10-14-13-12(5-2-7-17(13)15-10)16-21(18,19)9-6-11-4-3-8-20-11/h11-12,16H,2-9H2,1H3/t11-,12-/m1/s1. The topological polar surface area (TPSA) is 86.1 Å². The van der Waals surface area contributed by atoms with Gasteiger partial charge in [0.2, 0.25) is 10.0 Å². The summed E-state index contributed by atoms with van der Waals surface area (Å²) in [6.45, 7) is 3.39. The van der Waals surface area contributed by atoms with Crippen molar-refractivity contribution >= 4 is 10.0 Å². The van der Waals surface area contributed by atoms with Crippen molar-refractivity contribution in [1.29, 1.82) is 0 Å². The van der Waals surface area contributed by atoms with Crippen molar-refractivity contribution < 1.29 is 13.2 Å². The minimum atomic E-state index is -3.31. The molecule has 0 radical (unpaired) electrons. The third kappa shape index (κ3) is 3.61. The highest BCUT2D eigenvalue weighted by Gasteiger charge is 2.28. The lowest BCUT2D eigenvalue weighted by Gasteiger charge is -2.23. The zero-order valence-corrected chi connectivity index (χ0v) is 13.1. The third-order valence-corrected chi connectivity index (χ3v) is 5.45. The molecule has 2 aliphatic rings. The normalized spacial score (nSPS) is 26.0. The second-order valence-corrected chi connectivity index (χ2v) is 7.67. The van der Waals surface area contributed by atoms with Crippen molar-refractivity contribution in [2.45, 2.75) is 57.7 Å². The van der Waals surface area contributed by atoms with Gasteiger partial charge >= 0.3 is 0 Å². The third-order valence-electron chi connectivity index (χ3n) is 4.03. The van der Waals surface area contributed by atoms with Crippen molar-refractivity contribution in [2.75, 3.05) is 12.4 Å². The van der Waals surface area contributed by atoms with E-state index in [4.69, 9.17) is 4.74 Å². The Balaban J connectivity index is 1.62. The summed E-state index contributed by atoms with van der Waals surface area (Å²) >= 11 is 0. The number of sulfonamides is 1. The van der Waals surface area contributed by atoms with Gasteiger partial charge in [-0.2, -0.15) is 5.10 Å². The van der Waals surface area contributed by atoms with Gasteiger partial charge in [-0.1, -0.05) is 0 Å². The fourth-order valence-corrected chi connectivity index (χ4v) is 4.36. The molecule has 0 aromatic carbocycles. The quantitative estimate of drug-likeness (QED) is 0.873. The first-order valence-electron chi connectivity index (χ1n) is 7.56. The molecular formula is C13H22N4O3S. The van der Waals surface area contributed by atoms with Crippen LogP contribution in [0.3, 0.4) is 0 Å². The van der Waals surface area contributed by atoms with Gasteiger partial charge < -0.3 is 4.74 Å². The lowest BCUT2D eigenvalue weighted by molar-refractivity contribution is 0.108. The maximum atomic E-state index is 12.2. The number of nitrogens with one attached hydrogen (secondary N) is 1. The minimum Gasteiger partial charge on any atom is -0.378 e. The Morgan fingerprint density at radius 2 is 2.24 bits per heavy atom. The average Bonchev–Trinajstić information content (AvgIpc) is 3.05. The molecule has 1 saturated heterocycles. The Hall–Kier alpha value is -0.990. The van der Waals surface area contributed by atoms with Gasteiger partial charge in [0.25, 0.3) is 0 Å². The van der Waals surface area contributed by atoms with Gasteiger partial charge in [0.1, 0.15) is 11.6 Å². The molecule has 1 N–H and O–H groups in total. The van der Waals surface area contributed by atoms with Crippen molar-refractivity contribution in [1.82, 2.24) is 19.5 Å². The predicted molar refractivity (Wildman–Crippen MR) is 77.2 cm³/mol. The number of aromatic nitrogens is 3. The van der Waals surface area contributed by atoms with E-state index < -0.39 is 10.0 Å². The van der Waals surface area contributed by atoms with E-state index in [-0.39, 0.29) is 17.9 Å². The van der Waals surface area contributed by atoms with Crippen LogP contribution in [0.15, 0.2) is 0 Å². The molecule has 1 aromatic rings. The van der Waals surface area contributed by atoms with Gasteiger partial charge in [-0.25, -0.2) is 22.8 Å². The maximum absolute atomic E-state index is 12.2. The van der Waals surface area contributed by atoms with Crippen LogP contribution in [0.5, 0.6) is 0 Å². The smallest absolute Gasteiger partial charge is 0.212 e. The Labute approximate surface area is 125 Å². The summed E-state index contributed by atoms with van der Waals surface area (Å²) in [6, 6.07) is -0.255. The highest BCUT2D eigenvalue weighted by atomic mass is 32.2. The van der Waals surface area contributed by atoms with Crippen LogP contribution >= 0.6 is 0 Å². The molecule has 2 atom stereocenters. The number of fused-ring (bicyclic) bond motifs is 1. The Morgan fingerprint density at radius 3 is 3.00 bits per heavy atom. The SMILES string of the molecule is Cc1nc2n(n1)CCC[C@H]2NS(=O)(=O)CC[C@H]1CCCO1. The van der Waals surface area contributed by atoms with Crippen LogP contribution < -0.4 is 4.72 Å². The van der Waals surface area contributed by atoms with E-state index in [1.807, 2.05) is 11.6 Å². The number of nitrogens with zero attached hydrogens (tertiary/aromatic N) is 3. The first kappa shape index (κ1) is 14.9. The lowest BCUT2D eigenvalue weighted by atomic mass is 10.1. The van der Waals surface area contributed by atoms with Crippen molar-refractivity contribution in [2.24, 2.45) is 0 Å². The lowest BCUT2D eigenvalue weighted by Crippen LogP contribution is -2.35. The van der Waals surface area contributed by atoms with E-state index in [0.717, 1.165) is 44.7 Å². The molecule has 0 saturated carbocycles. The van der Waals surface area contributed by atoms with Gasteiger partial charge in [-0.15, -0.1) is 0 Å². The molecular weight excluding hydrogens is 292 g/mol. The molecule has 118 valence electrons. The highest BCUT2D eigenvalue weighted by Crippen LogP contribution is 2.24. The summed E-state index contributed by atoms with van der Waals surface area (Å²) in [5.41, 5.74) is 0. The largest absolute Gasteiger partial charge is 0.378 e. The summed E-state index contributed by atoms with van der Waals surface area (Å²) in [5, 5.41) is 4.29. The van der Waals surface area contributed by atoms with E-state index in [0.29, 0.717) is 12.2 Å². The van der Waals surface area contributed by atoms with E-state index in [1.165, 1.54) is 0 Å². The molecule has 0 spiro atoms. The maximum Gasteiger partial charge on any atom is 0.212 e. The van der Waals surface area contributed by atoms with E-state index in [2.05, 4.69) is 14.8 Å². The molecule has 21 heavy (non-hydrogen) atoms. The molecule has 0 unspecified atom stereocenters. The monoisotopic (exact) mass is 314 g/mol. The molecule has 0 bridgehead atoms. The van der Waals surface area contributed by atoms with Crippen molar-refractivity contribution in [3.63, 3.8) is 0 Å². The summed E-state index contributed by atoms with van der Waals surface area (Å²) in [7, 11) is -3.31. The van der Waals surface area contributed by atoms with Crippen LogP contribution in [-0.2, 0) is 21.3 Å². The van der Waals surface area contributed by atoms with Crippen LogP contribution in [0.4, 0.5) is 0 Å². The number of ether oxygens (including phenoxy) is 1. The fourth-order valence-electron chi connectivity index (χ4n) is 3.01. The Kier molecular flexibility index (Phi) is 4.28. The van der Waals surface area contributed by atoms with Crippen LogP contribution in [0.1, 0.15) is 49.8 Å². The Morgan fingerprint density at radius 1 is 1.38 bits per heavy atom. The average molecular weight is 314 g/mol. The molecule has 8 heteroatoms. The number of hydrogen-bond acceptors (Lipinski definition) is 5. The summed E-state index contributed by atoms with van der Waals surface area (Å²) < 4.78 is 34.6. The van der Waals surface area contributed by atoms with Crippen molar-refractivity contribution in [3.8, 4) is 0 Å². The zero-order valence-electron chi connectivity index (χ0n) is 12.3. The molecule has 2 aliphatic heterocycles. The fraction of sp³-hybridized carbons (Fsp3) is 0.846. The van der Waals surface area contributed by atoms with Gasteiger partial charge in [-0.3, -0.25) is 0 Å². The summed E-state index contributed by atoms with van der Waals surface area (Å²) in [5.74, 6) is 1.54. The summed E-state index contributed by atoms with van der Waals surface area (Å²) in [4.78, 5) is 4.35. The van der Waals surface area contributed by atoms with Crippen LogP contribution in [0, 0.1) is 6.92 Å². The first-order valence-corrected chi connectivity index (χ1v) is 9.22. The highest BCUT2D eigenvalue weighted by molar-refractivity contribution is 7.89. The van der Waals surface area contributed by atoms with E-state index >= 15 is 0 Å². The number of rotatable bonds is 5. The molecule has 1 fully saturated rings. The van der Waals surface area contributed by atoms with Crippen LogP contribution in [0.2, 0.25) is 0 Å². The van der Waals surface area contributed by atoms with Gasteiger partial charge in [-0.05, 0) is 39.0 Å². The molecule has 3 rings (SSSR count). The molecule has 3 heterocycles.